The van der Waals surface area contributed by atoms with Gasteiger partial charge in [0.25, 0.3) is 0 Å². The minimum atomic E-state index is -0.939. The molecule has 0 radical (unpaired) electrons. The van der Waals surface area contributed by atoms with E-state index in [0.717, 1.165) is 44.1 Å². The third kappa shape index (κ3) is 5.43. The van der Waals surface area contributed by atoms with E-state index < -0.39 is 12.1 Å². The molecule has 172 valence electrons. The van der Waals surface area contributed by atoms with Gasteiger partial charge in [-0.2, -0.15) is 0 Å². The van der Waals surface area contributed by atoms with Gasteiger partial charge in [-0.1, -0.05) is 35.9 Å². The van der Waals surface area contributed by atoms with Crippen molar-refractivity contribution in [2.24, 2.45) is 0 Å². The summed E-state index contributed by atoms with van der Waals surface area (Å²) in [5, 5.41) is 13.5. The highest BCUT2D eigenvalue weighted by Crippen LogP contribution is 2.34. The second-order valence-corrected chi connectivity index (χ2v) is 9.98. The molecule has 0 spiro atoms. The Morgan fingerprint density at radius 3 is 2.64 bits per heavy atom. The first-order valence-electron chi connectivity index (χ1n) is 11.0. The molecule has 0 saturated carbocycles. The van der Waals surface area contributed by atoms with E-state index in [0.29, 0.717) is 19.6 Å². The lowest BCUT2D eigenvalue weighted by Crippen LogP contribution is -2.26. The molecule has 1 N–H and O–H groups in total. The van der Waals surface area contributed by atoms with Crippen LogP contribution in [-0.4, -0.2) is 35.4 Å². The standard InChI is InChI=1S/C26H27NO4S2/c1-4-30-23(26(28)29)15-19-9-10-22(20-12-14-32-24(19)20)31-13-11-21-17(3)33-25(27-21)18-7-5-16(2)6-8-18/h5-10,12,14,23H,4,11,13,15H2,1-3H3,(H,28,29). The summed E-state index contributed by atoms with van der Waals surface area (Å²) in [5.74, 6) is -0.129. The van der Waals surface area contributed by atoms with E-state index in [1.165, 1.54) is 10.4 Å². The maximum atomic E-state index is 11.5. The third-order valence-corrected chi connectivity index (χ3v) is 7.55. The molecule has 1 unspecified atom stereocenters. The molecule has 2 aromatic heterocycles. The minimum Gasteiger partial charge on any atom is -0.493 e. The minimum absolute atomic E-state index is 0.334. The van der Waals surface area contributed by atoms with Crippen molar-refractivity contribution in [1.29, 1.82) is 0 Å². The number of benzene rings is 2. The van der Waals surface area contributed by atoms with Gasteiger partial charge in [-0.05, 0) is 43.8 Å². The smallest absolute Gasteiger partial charge is 0.333 e. The number of carbonyl (C=O) groups is 1. The van der Waals surface area contributed by atoms with E-state index in [2.05, 4.69) is 38.1 Å². The lowest BCUT2D eigenvalue weighted by atomic mass is 10.1. The second kappa shape index (κ2) is 10.5. The fourth-order valence-electron chi connectivity index (χ4n) is 3.74. The van der Waals surface area contributed by atoms with Crippen LogP contribution < -0.4 is 4.74 Å². The lowest BCUT2D eigenvalue weighted by Gasteiger charge is -2.14. The molecule has 4 aromatic rings. The monoisotopic (exact) mass is 481 g/mol. The van der Waals surface area contributed by atoms with Crippen LogP contribution in [0.25, 0.3) is 20.7 Å². The van der Waals surface area contributed by atoms with Gasteiger partial charge < -0.3 is 14.6 Å². The predicted octanol–water partition coefficient (Wildman–Crippen LogP) is 6.30. The maximum Gasteiger partial charge on any atom is 0.333 e. The van der Waals surface area contributed by atoms with Crippen LogP contribution in [0, 0.1) is 13.8 Å². The van der Waals surface area contributed by atoms with Crippen molar-refractivity contribution < 1.29 is 19.4 Å². The summed E-state index contributed by atoms with van der Waals surface area (Å²) in [6, 6.07) is 14.4. The molecule has 1 atom stereocenters. The Kier molecular flexibility index (Phi) is 7.42. The third-order valence-electron chi connectivity index (χ3n) is 5.49. The molecule has 7 heteroatoms. The van der Waals surface area contributed by atoms with Crippen molar-refractivity contribution in [3.05, 3.63) is 69.5 Å². The highest BCUT2D eigenvalue weighted by molar-refractivity contribution is 7.17. The average Bonchev–Trinajstić information content (AvgIpc) is 3.43. The Labute approximate surface area is 201 Å². The number of aliphatic carboxylic acids is 1. The van der Waals surface area contributed by atoms with Crippen LogP contribution in [-0.2, 0) is 22.4 Å². The Hall–Kier alpha value is -2.74. The number of thiophene rings is 1. The Balaban J connectivity index is 1.45. The zero-order valence-electron chi connectivity index (χ0n) is 19.0. The largest absolute Gasteiger partial charge is 0.493 e. The number of hydrogen-bond acceptors (Lipinski definition) is 6. The number of thiazole rings is 1. The maximum absolute atomic E-state index is 11.5. The van der Waals surface area contributed by atoms with Crippen molar-refractivity contribution in [2.45, 2.75) is 39.7 Å². The van der Waals surface area contributed by atoms with Crippen molar-refractivity contribution in [1.82, 2.24) is 4.98 Å². The van der Waals surface area contributed by atoms with E-state index in [1.54, 1.807) is 29.6 Å². The van der Waals surface area contributed by atoms with Crippen LogP contribution >= 0.6 is 22.7 Å². The second-order valence-electron chi connectivity index (χ2n) is 7.86. The molecule has 0 bridgehead atoms. The van der Waals surface area contributed by atoms with Crippen LogP contribution in [0.4, 0.5) is 0 Å². The molecule has 0 aliphatic carbocycles. The van der Waals surface area contributed by atoms with Gasteiger partial charge in [0.15, 0.2) is 6.10 Å². The first kappa shape index (κ1) is 23.4. The van der Waals surface area contributed by atoms with Gasteiger partial charge in [-0.25, -0.2) is 9.78 Å². The molecule has 2 aromatic carbocycles. The van der Waals surface area contributed by atoms with Gasteiger partial charge >= 0.3 is 5.97 Å². The molecule has 0 saturated heterocycles. The van der Waals surface area contributed by atoms with Crippen LogP contribution in [0.3, 0.4) is 0 Å². The Morgan fingerprint density at radius 2 is 1.91 bits per heavy atom. The normalized spacial score (nSPS) is 12.2. The van der Waals surface area contributed by atoms with Gasteiger partial charge in [0.05, 0.1) is 12.3 Å². The summed E-state index contributed by atoms with van der Waals surface area (Å²) in [6.07, 6.45) is 0.218. The summed E-state index contributed by atoms with van der Waals surface area (Å²) in [5.41, 5.74) is 4.41. The van der Waals surface area contributed by atoms with Crippen molar-refractivity contribution in [3.8, 4) is 16.3 Å². The zero-order valence-corrected chi connectivity index (χ0v) is 20.6. The number of carboxylic acid groups (broad SMARTS) is 1. The number of carboxylic acids is 1. The predicted molar refractivity (Wildman–Crippen MR) is 135 cm³/mol. The fourth-order valence-corrected chi connectivity index (χ4v) is 5.64. The first-order valence-corrected chi connectivity index (χ1v) is 12.7. The summed E-state index contributed by atoms with van der Waals surface area (Å²) in [4.78, 5) is 17.5. The molecule has 0 aliphatic rings. The van der Waals surface area contributed by atoms with E-state index in [9.17, 15) is 9.90 Å². The Bertz CT molecular complexity index is 1240. The first-order chi connectivity index (χ1) is 16.0. The Morgan fingerprint density at radius 1 is 1.12 bits per heavy atom. The summed E-state index contributed by atoms with van der Waals surface area (Å²) >= 11 is 3.31. The average molecular weight is 482 g/mol. The number of nitrogens with zero attached hydrogens (tertiary/aromatic N) is 1. The molecule has 5 nitrogen and oxygen atoms in total. The number of fused-ring (bicyclic) bond motifs is 1. The number of ether oxygens (including phenoxy) is 2. The van der Waals surface area contributed by atoms with Crippen molar-refractivity contribution in [2.75, 3.05) is 13.2 Å². The van der Waals surface area contributed by atoms with Gasteiger partial charge in [0.1, 0.15) is 10.8 Å². The van der Waals surface area contributed by atoms with Crippen LogP contribution in [0.1, 0.15) is 28.6 Å². The molecule has 0 fully saturated rings. The molecular weight excluding hydrogens is 454 g/mol. The summed E-state index contributed by atoms with van der Waals surface area (Å²) < 4.78 is 12.6. The fraction of sp³-hybridized carbons (Fsp3) is 0.308. The van der Waals surface area contributed by atoms with Gasteiger partial charge in [-0.15, -0.1) is 22.7 Å². The van der Waals surface area contributed by atoms with Gasteiger partial charge in [0, 0.05) is 40.0 Å². The number of aromatic nitrogens is 1. The summed E-state index contributed by atoms with van der Waals surface area (Å²) in [6.45, 7) is 6.89. The van der Waals surface area contributed by atoms with Crippen molar-refractivity contribution in [3.63, 3.8) is 0 Å². The van der Waals surface area contributed by atoms with E-state index in [1.807, 2.05) is 23.6 Å². The quantitative estimate of drug-likeness (QED) is 0.288. The molecule has 2 heterocycles. The van der Waals surface area contributed by atoms with Gasteiger partial charge in [0.2, 0.25) is 0 Å². The molecular formula is C26H27NO4S2. The highest BCUT2D eigenvalue weighted by Gasteiger charge is 2.20. The van der Waals surface area contributed by atoms with Crippen LogP contribution in [0.5, 0.6) is 5.75 Å². The zero-order chi connectivity index (χ0) is 23.4. The SMILES string of the molecule is CCOC(Cc1ccc(OCCc2nc(-c3ccc(C)cc3)sc2C)c2ccsc12)C(=O)O. The number of hydrogen-bond donors (Lipinski definition) is 1. The van der Waals surface area contributed by atoms with Gasteiger partial charge in [-0.3, -0.25) is 0 Å². The number of aryl methyl sites for hydroxylation is 2. The highest BCUT2D eigenvalue weighted by atomic mass is 32.1. The number of rotatable bonds is 10. The molecule has 0 amide bonds. The van der Waals surface area contributed by atoms with E-state index >= 15 is 0 Å². The topological polar surface area (TPSA) is 68.7 Å². The van der Waals surface area contributed by atoms with E-state index in [4.69, 9.17) is 14.5 Å². The van der Waals surface area contributed by atoms with E-state index in [-0.39, 0.29) is 0 Å². The lowest BCUT2D eigenvalue weighted by molar-refractivity contribution is -0.149. The molecule has 4 rings (SSSR count). The molecule has 33 heavy (non-hydrogen) atoms. The van der Waals surface area contributed by atoms with Crippen LogP contribution in [0.15, 0.2) is 47.8 Å². The molecule has 0 aliphatic heterocycles. The summed E-state index contributed by atoms with van der Waals surface area (Å²) in [7, 11) is 0. The van der Waals surface area contributed by atoms with Crippen molar-refractivity contribution >= 4 is 38.7 Å². The van der Waals surface area contributed by atoms with Crippen LogP contribution in [0.2, 0.25) is 0 Å².